The van der Waals surface area contributed by atoms with Gasteiger partial charge < -0.3 is 9.16 Å². The Morgan fingerprint density at radius 1 is 1.44 bits per heavy atom. The van der Waals surface area contributed by atoms with Gasteiger partial charge in [0, 0.05) is 0 Å². The fourth-order valence-corrected chi connectivity index (χ4v) is 2.71. The highest BCUT2D eigenvalue weighted by atomic mass is 28.4. The number of cyclic esters (lactones) is 1. The van der Waals surface area contributed by atoms with Gasteiger partial charge in [0.25, 0.3) is 0 Å². The summed E-state index contributed by atoms with van der Waals surface area (Å²) >= 11 is 0. The lowest BCUT2D eigenvalue weighted by Crippen LogP contribution is -2.44. The van der Waals surface area contributed by atoms with Crippen LogP contribution in [0, 0.1) is 5.41 Å². The number of nitrogens with zero attached hydrogens (tertiary/aromatic N) is 1. The lowest BCUT2D eigenvalue weighted by atomic mass is 9.87. The van der Waals surface area contributed by atoms with Crippen molar-refractivity contribution in [1.82, 2.24) is 4.90 Å². The van der Waals surface area contributed by atoms with E-state index in [9.17, 15) is 4.79 Å². The standard InChI is InChI=1S/C13H25NO3Si/c1-8-11(17-18(5,6)7)14-10(13(2,3)4)9-16-12(14)15/h8,10H,9H2,1-7H3/b11-8-/t10-/m0/s1. The molecule has 0 unspecified atom stereocenters. The molecule has 5 heteroatoms. The van der Waals surface area contributed by atoms with Crippen LogP contribution in [0.1, 0.15) is 27.7 Å². The molecule has 1 aliphatic heterocycles. The predicted molar refractivity (Wildman–Crippen MR) is 74.6 cm³/mol. The van der Waals surface area contributed by atoms with Crippen LogP contribution in [0.5, 0.6) is 0 Å². The van der Waals surface area contributed by atoms with E-state index in [4.69, 9.17) is 9.16 Å². The molecule has 0 bridgehead atoms. The summed E-state index contributed by atoms with van der Waals surface area (Å²) in [4.78, 5) is 13.6. The number of hydrogen-bond donors (Lipinski definition) is 0. The van der Waals surface area contributed by atoms with Crippen molar-refractivity contribution < 1.29 is 14.0 Å². The molecule has 0 radical (unpaired) electrons. The van der Waals surface area contributed by atoms with Gasteiger partial charge in [-0.15, -0.1) is 0 Å². The maximum Gasteiger partial charge on any atom is 0.417 e. The summed E-state index contributed by atoms with van der Waals surface area (Å²) in [7, 11) is -1.74. The average Bonchev–Trinajstić information content (AvgIpc) is 2.54. The van der Waals surface area contributed by atoms with Gasteiger partial charge in [-0.1, -0.05) is 20.8 Å². The van der Waals surface area contributed by atoms with Crippen LogP contribution in [-0.2, 0) is 9.16 Å². The van der Waals surface area contributed by atoms with E-state index in [1.165, 1.54) is 0 Å². The van der Waals surface area contributed by atoms with Crippen molar-refractivity contribution in [2.45, 2.75) is 53.4 Å². The Labute approximate surface area is 111 Å². The summed E-state index contributed by atoms with van der Waals surface area (Å²) < 4.78 is 11.2. The third-order valence-corrected chi connectivity index (χ3v) is 3.59. The summed E-state index contributed by atoms with van der Waals surface area (Å²) in [6.07, 6.45) is 1.55. The van der Waals surface area contributed by atoms with Crippen molar-refractivity contribution in [1.29, 1.82) is 0 Å². The molecule has 1 atom stereocenters. The van der Waals surface area contributed by atoms with Gasteiger partial charge in [-0.05, 0) is 38.1 Å². The molecular weight excluding hydrogens is 246 g/mol. The average molecular weight is 271 g/mol. The van der Waals surface area contributed by atoms with E-state index < -0.39 is 8.32 Å². The summed E-state index contributed by atoms with van der Waals surface area (Å²) in [5, 5.41) is 0. The highest BCUT2D eigenvalue weighted by Gasteiger charge is 2.43. The second-order valence-corrected chi connectivity index (χ2v) is 11.1. The Kier molecular flexibility index (Phi) is 4.15. The fourth-order valence-electron chi connectivity index (χ4n) is 1.86. The molecule has 1 heterocycles. The molecule has 1 fully saturated rings. The molecule has 1 amide bonds. The van der Waals surface area contributed by atoms with Gasteiger partial charge in [-0.3, -0.25) is 0 Å². The lowest BCUT2D eigenvalue weighted by Gasteiger charge is -2.35. The molecule has 18 heavy (non-hydrogen) atoms. The summed E-state index contributed by atoms with van der Waals surface area (Å²) in [5.74, 6) is 0.636. The molecule has 0 spiro atoms. The van der Waals surface area contributed by atoms with Crippen LogP contribution in [0.3, 0.4) is 0 Å². The van der Waals surface area contributed by atoms with E-state index in [-0.39, 0.29) is 17.6 Å². The van der Waals surface area contributed by atoms with E-state index in [1.54, 1.807) is 4.90 Å². The minimum Gasteiger partial charge on any atom is -0.533 e. The summed E-state index contributed by atoms with van der Waals surface area (Å²) in [6, 6.07) is 0.0209. The molecule has 0 aromatic carbocycles. The first-order valence-corrected chi connectivity index (χ1v) is 9.78. The molecule has 0 aromatic rings. The largest absolute Gasteiger partial charge is 0.533 e. The fraction of sp³-hybridized carbons (Fsp3) is 0.769. The van der Waals surface area contributed by atoms with Gasteiger partial charge in [-0.25, -0.2) is 9.69 Å². The Bertz CT molecular complexity index is 352. The number of rotatable bonds is 3. The predicted octanol–water partition coefficient (Wildman–Crippen LogP) is 3.57. The summed E-state index contributed by atoms with van der Waals surface area (Å²) in [6.45, 7) is 14.9. The first-order chi connectivity index (χ1) is 8.06. The number of hydrogen-bond acceptors (Lipinski definition) is 3. The zero-order chi connectivity index (χ0) is 14.1. The Morgan fingerprint density at radius 3 is 2.39 bits per heavy atom. The van der Waals surface area contributed by atoms with Crippen LogP contribution in [0.2, 0.25) is 19.6 Å². The van der Waals surface area contributed by atoms with Gasteiger partial charge in [0.2, 0.25) is 8.32 Å². The van der Waals surface area contributed by atoms with Crippen LogP contribution >= 0.6 is 0 Å². The Morgan fingerprint density at radius 2 is 2.00 bits per heavy atom. The van der Waals surface area contributed by atoms with Crippen molar-refractivity contribution in [2.24, 2.45) is 5.41 Å². The monoisotopic (exact) mass is 271 g/mol. The van der Waals surface area contributed by atoms with Crippen molar-refractivity contribution in [3.05, 3.63) is 12.0 Å². The van der Waals surface area contributed by atoms with Crippen LogP contribution in [0.15, 0.2) is 12.0 Å². The van der Waals surface area contributed by atoms with E-state index in [0.717, 1.165) is 0 Å². The van der Waals surface area contributed by atoms with E-state index in [2.05, 4.69) is 40.4 Å². The first-order valence-electron chi connectivity index (χ1n) is 6.37. The molecule has 104 valence electrons. The van der Waals surface area contributed by atoms with Crippen LogP contribution in [-0.4, -0.2) is 32.0 Å². The normalized spacial score (nSPS) is 22.2. The molecule has 4 nitrogen and oxygen atoms in total. The second kappa shape index (κ2) is 4.95. The minimum absolute atomic E-state index is 0.0209. The van der Waals surface area contributed by atoms with Gasteiger partial charge in [0.05, 0.1) is 6.04 Å². The van der Waals surface area contributed by atoms with Crippen LogP contribution in [0.4, 0.5) is 4.79 Å². The number of amides is 1. The van der Waals surface area contributed by atoms with E-state index in [1.807, 2.05) is 13.0 Å². The molecule has 0 saturated carbocycles. The maximum absolute atomic E-state index is 11.9. The third-order valence-electron chi connectivity index (χ3n) is 2.77. The van der Waals surface area contributed by atoms with Crippen molar-refractivity contribution in [2.75, 3.05) is 6.61 Å². The number of carbonyl (C=O) groups excluding carboxylic acids is 1. The highest BCUT2D eigenvalue weighted by Crippen LogP contribution is 2.33. The number of allylic oxidation sites excluding steroid dienone is 1. The van der Waals surface area contributed by atoms with E-state index >= 15 is 0 Å². The number of carbonyl (C=O) groups is 1. The lowest BCUT2D eigenvalue weighted by molar-refractivity contribution is 0.135. The van der Waals surface area contributed by atoms with Crippen molar-refractivity contribution in [3.8, 4) is 0 Å². The van der Waals surface area contributed by atoms with Gasteiger partial charge in [0.15, 0.2) is 5.88 Å². The molecule has 0 aromatic heterocycles. The third kappa shape index (κ3) is 3.51. The second-order valence-electron chi connectivity index (χ2n) is 6.67. The van der Waals surface area contributed by atoms with Gasteiger partial charge in [-0.2, -0.15) is 0 Å². The van der Waals surface area contributed by atoms with Crippen LogP contribution < -0.4 is 0 Å². The van der Waals surface area contributed by atoms with Gasteiger partial charge in [0.1, 0.15) is 6.61 Å². The number of ether oxygens (including phenoxy) is 1. The molecule has 1 rings (SSSR count). The van der Waals surface area contributed by atoms with Crippen molar-refractivity contribution >= 4 is 14.4 Å². The molecule has 1 saturated heterocycles. The molecule has 0 aliphatic carbocycles. The first kappa shape index (κ1) is 15.1. The molecule has 1 aliphatic rings. The minimum atomic E-state index is -1.74. The SMILES string of the molecule is C/C=C(\O[Si](C)(C)C)N1C(=O)OC[C@H]1C(C)(C)C. The smallest absolute Gasteiger partial charge is 0.417 e. The molecule has 0 N–H and O–H groups in total. The zero-order valence-corrected chi connectivity index (χ0v) is 13.5. The van der Waals surface area contributed by atoms with Crippen LogP contribution in [0.25, 0.3) is 0 Å². The van der Waals surface area contributed by atoms with Crippen molar-refractivity contribution in [3.63, 3.8) is 0 Å². The highest BCUT2D eigenvalue weighted by molar-refractivity contribution is 6.70. The maximum atomic E-state index is 11.9. The quantitative estimate of drug-likeness (QED) is 0.582. The molecular formula is C13H25NO3Si. The zero-order valence-electron chi connectivity index (χ0n) is 12.5. The Hall–Kier alpha value is -0.973. The topological polar surface area (TPSA) is 38.8 Å². The Balaban J connectivity index is 2.99. The van der Waals surface area contributed by atoms with E-state index in [0.29, 0.717) is 12.5 Å². The van der Waals surface area contributed by atoms with Gasteiger partial charge >= 0.3 is 6.09 Å². The summed E-state index contributed by atoms with van der Waals surface area (Å²) in [5.41, 5.74) is -0.0385.